The molecule has 6 heteroatoms. The Morgan fingerprint density at radius 2 is 1.00 bits per heavy atom. The molecule has 0 N–H and O–H groups in total. The van der Waals surface area contributed by atoms with E-state index in [4.69, 9.17) is 35.5 Å². The van der Waals surface area contributed by atoms with E-state index in [0.717, 1.165) is 22.8 Å². The molecule has 0 saturated heterocycles. The fourth-order valence-corrected chi connectivity index (χ4v) is 3.05. The van der Waals surface area contributed by atoms with E-state index in [2.05, 4.69) is 91.8 Å². The first-order chi connectivity index (χ1) is 14.1. The zero-order valence-corrected chi connectivity index (χ0v) is 21.7. The third kappa shape index (κ3) is 8.17. The zero-order chi connectivity index (χ0) is 22.8. The van der Waals surface area contributed by atoms with E-state index in [0.29, 0.717) is 0 Å². The van der Waals surface area contributed by atoms with Gasteiger partial charge >= 0.3 is 33.3 Å². The van der Waals surface area contributed by atoms with Crippen LogP contribution < -0.4 is 0 Å². The van der Waals surface area contributed by atoms with Crippen LogP contribution in [0.15, 0.2) is 46.4 Å². The van der Waals surface area contributed by atoms with Gasteiger partial charge < -0.3 is 5.32 Å². The van der Waals surface area contributed by atoms with Gasteiger partial charge in [-0.2, -0.15) is 0 Å². The van der Waals surface area contributed by atoms with Crippen LogP contribution in [0.1, 0.15) is 49.9 Å². The monoisotopic (exact) mass is 488 g/mol. The van der Waals surface area contributed by atoms with Gasteiger partial charge in [0.05, 0.1) is 11.4 Å². The molecule has 2 atom stereocenters. The number of hydrogen-bond donors (Lipinski definition) is 0. The molecule has 3 nitrogen and oxygen atoms in total. The Kier molecular flexibility index (Phi) is 11.9. The Hall–Kier alpha value is -1.16. The van der Waals surface area contributed by atoms with E-state index in [-0.39, 0.29) is 25.2 Å². The van der Waals surface area contributed by atoms with Crippen molar-refractivity contribution in [2.45, 2.75) is 67.5 Å². The Morgan fingerprint density at radius 3 is 1.27 bits per heavy atom. The predicted octanol–water partition coefficient (Wildman–Crippen LogP) is 8.33. The van der Waals surface area contributed by atoms with Crippen LogP contribution in [0, 0.1) is 27.7 Å². The van der Waals surface area contributed by atoms with Gasteiger partial charge in [-0.05, 0) is 75.2 Å². The van der Waals surface area contributed by atoms with Gasteiger partial charge in [0, 0.05) is 0 Å². The number of hydrogen-bond acceptors (Lipinski definition) is 2. The third-order valence-electron chi connectivity index (χ3n) is 5.11. The summed E-state index contributed by atoms with van der Waals surface area (Å²) in [6, 6.07) is 12.6. The number of aliphatic imine (C=N–C) groups is 2. The molecule has 2 aromatic rings. The minimum absolute atomic E-state index is 0.0436. The van der Waals surface area contributed by atoms with Crippen LogP contribution in [0.4, 0.5) is 11.4 Å². The predicted molar refractivity (Wildman–Crippen MR) is 131 cm³/mol. The van der Waals surface area contributed by atoms with Gasteiger partial charge in [0.15, 0.2) is 0 Å². The molecule has 0 fully saturated rings. The molecule has 0 aromatic heterocycles. The maximum absolute atomic E-state index is 4.93. The first kappa shape index (κ1) is 26.9. The summed E-state index contributed by atoms with van der Waals surface area (Å²) in [4.78, 5) is 9.73. The quantitative estimate of drug-likeness (QED) is 0.289. The topological polar surface area (TPSA) is 38.8 Å². The molecule has 0 amide bonds. The molecule has 2 unspecified atom stereocenters. The number of para-hydroxylation sites is 2. The summed E-state index contributed by atoms with van der Waals surface area (Å²) in [5, 5.41) is 4.93. The Labute approximate surface area is 197 Å². The molecular formula is C24H32Cl2FeN3. The van der Waals surface area contributed by atoms with Crippen molar-refractivity contribution in [2.75, 3.05) is 0 Å². The summed E-state index contributed by atoms with van der Waals surface area (Å²) in [5.41, 5.74) is 8.96. The molecule has 0 saturated carbocycles. The van der Waals surface area contributed by atoms with Crippen LogP contribution in [0.5, 0.6) is 0 Å². The molecule has 165 valence electrons. The van der Waals surface area contributed by atoms with Crippen LogP contribution in [0.2, 0.25) is 0 Å². The first-order valence-corrected chi connectivity index (χ1v) is 12.9. The van der Waals surface area contributed by atoms with Gasteiger partial charge in [-0.1, -0.05) is 62.3 Å². The van der Waals surface area contributed by atoms with Crippen molar-refractivity contribution in [3.05, 3.63) is 64.0 Å². The molecule has 0 radical (unpaired) electrons. The summed E-state index contributed by atoms with van der Waals surface area (Å²) in [7, 11) is 9.53. The normalized spacial score (nSPS) is 14.1. The van der Waals surface area contributed by atoms with Crippen LogP contribution in [-0.4, -0.2) is 23.5 Å². The fourth-order valence-electron chi connectivity index (χ4n) is 3.05. The second kappa shape index (κ2) is 13.3. The number of nitrogens with zero attached hydrogens (tertiary/aromatic N) is 3. The average molecular weight is 489 g/mol. The molecule has 0 heterocycles. The van der Waals surface area contributed by atoms with Gasteiger partial charge in [0.2, 0.25) is 0 Å². The van der Waals surface area contributed by atoms with Crippen LogP contribution in [0.3, 0.4) is 0 Å². The molecule has 0 aliphatic rings. The SMILES string of the molecule is CC(=Nc1c(C)cccc1C)C(C)[N-]C(C)C(C)=Nc1c(C)cccc1C.[Cl][Fe+][Cl]. The van der Waals surface area contributed by atoms with E-state index in [1.54, 1.807) is 0 Å². The van der Waals surface area contributed by atoms with Crippen molar-refractivity contribution in [1.82, 2.24) is 0 Å². The average Bonchev–Trinajstić information content (AvgIpc) is 2.68. The van der Waals surface area contributed by atoms with Crippen molar-refractivity contribution < 1.29 is 13.1 Å². The second-order valence-corrected chi connectivity index (χ2v) is 9.36. The van der Waals surface area contributed by atoms with Crippen LogP contribution in [-0.2, 0) is 13.1 Å². The molecule has 0 aliphatic heterocycles. The minimum atomic E-state index is 0.0436. The molecule has 30 heavy (non-hydrogen) atoms. The number of rotatable bonds is 6. The second-order valence-electron chi connectivity index (χ2n) is 7.54. The number of aryl methyl sites for hydroxylation is 4. The van der Waals surface area contributed by atoms with Gasteiger partial charge in [0.25, 0.3) is 0 Å². The standard InChI is InChI=1S/C24H32N3.2ClH.Fe/c1-15-11-9-12-16(2)23(15)26-21(7)19(5)25-20(6)22(8)27-24-17(3)13-10-14-18(24)4;;;/h9-14,19-20H,1-8H3;2*1H;/q-1;;;+3/p-2. The number of halogens is 2. The van der Waals surface area contributed by atoms with Crippen LogP contribution in [0.25, 0.3) is 5.32 Å². The van der Waals surface area contributed by atoms with E-state index in [1.165, 1.54) is 22.3 Å². The molecule has 0 spiro atoms. The van der Waals surface area contributed by atoms with Crippen molar-refractivity contribution >= 4 is 43.0 Å². The molecule has 2 aromatic carbocycles. The molecule has 2 rings (SSSR count). The third-order valence-corrected chi connectivity index (χ3v) is 5.11. The van der Waals surface area contributed by atoms with Crippen molar-refractivity contribution in [1.29, 1.82) is 0 Å². The summed E-state index contributed by atoms with van der Waals surface area (Å²) < 4.78 is 0. The Bertz CT molecular complexity index is 782. The Balaban J connectivity index is 0.00000141. The first-order valence-electron chi connectivity index (χ1n) is 9.90. The summed E-state index contributed by atoms with van der Waals surface area (Å²) in [6.07, 6.45) is 0. The molecular weight excluding hydrogens is 457 g/mol. The van der Waals surface area contributed by atoms with E-state index in [1.807, 2.05) is 0 Å². The maximum atomic E-state index is 4.93. The number of benzene rings is 2. The van der Waals surface area contributed by atoms with Crippen molar-refractivity contribution in [3.63, 3.8) is 0 Å². The van der Waals surface area contributed by atoms with Gasteiger partial charge in [-0.15, -0.1) is 0 Å². The summed E-state index contributed by atoms with van der Waals surface area (Å²) in [6.45, 7) is 16.7. The van der Waals surface area contributed by atoms with Crippen LogP contribution >= 0.6 is 20.2 Å². The Morgan fingerprint density at radius 1 is 0.733 bits per heavy atom. The molecule has 0 aliphatic carbocycles. The summed E-state index contributed by atoms with van der Waals surface area (Å²) >= 11 is 0.194. The summed E-state index contributed by atoms with van der Waals surface area (Å²) in [5.74, 6) is 0. The fraction of sp³-hybridized carbons (Fsp3) is 0.417. The van der Waals surface area contributed by atoms with Crippen molar-refractivity contribution in [3.8, 4) is 0 Å². The van der Waals surface area contributed by atoms with E-state index < -0.39 is 0 Å². The van der Waals surface area contributed by atoms with Gasteiger partial charge in [-0.3, -0.25) is 9.98 Å². The van der Waals surface area contributed by atoms with Gasteiger partial charge in [0.1, 0.15) is 0 Å². The van der Waals surface area contributed by atoms with E-state index in [9.17, 15) is 0 Å². The zero-order valence-electron chi connectivity index (χ0n) is 19.1. The molecule has 0 bridgehead atoms. The van der Waals surface area contributed by atoms with E-state index >= 15 is 0 Å². The van der Waals surface area contributed by atoms with Crippen molar-refractivity contribution in [2.24, 2.45) is 9.98 Å². The van der Waals surface area contributed by atoms with Gasteiger partial charge in [-0.25, -0.2) is 0 Å².